The lowest BCUT2D eigenvalue weighted by molar-refractivity contribution is 0.0914. The lowest BCUT2D eigenvalue weighted by Crippen LogP contribution is -2.38. The number of rotatable bonds is 6. The molecule has 1 amide bonds. The Balaban J connectivity index is 1.96. The number of carbonyl (C=O) groups is 1. The van der Waals surface area contributed by atoms with Gasteiger partial charge in [-0.05, 0) is 44.6 Å². The maximum atomic E-state index is 12.2. The largest absolute Gasteiger partial charge is 0.474 e. The first-order valence-corrected chi connectivity index (χ1v) is 8.14. The van der Waals surface area contributed by atoms with Crippen molar-refractivity contribution >= 4 is 5.91 Å². The van der Waals surface area contributed by atoms with Crippen molar-refractivity contribution in [3.05, 3.63) is 23.9 Å². The molecule has 2 atom stereocenters. The number of amides is 1. The Kier molecular flexibility index (Phi) is 6.19. The molecule has 1 heterocycles. The van der Waals surface area contributed by atoms with Crippen molar-refractivity contribution in [2.24, 2.45) is 5.92 Å². The molecule has 0 spiro atoms. The monoisotopic (exact) mass is 306 g/mol. The molecule has 0 radical (unpaired) electrons. The molecule has 1 fully saturated rings. The lowest BCUT2D eigenvalue weighted by Gasteiger charge is -2.22. The molecule has 0 aliphatic heterocycles. The highest BCUT2D eigenvalue weighted by Crippen LogP contribution is 2.22. The van der Waals surface area contributed by atoms with Crippen molar-refractivity contribution in [2.45, 2.75) is 58.1 Å². The van der Waals surface area contributed by atoms with Gasteiger partial charge in [0.1, 0.15) is 6.10 Å². The number of aliphatic hydroxyl groups excluding tert-OH is 1. The minimum atomic E-state index is -0.163. The summed E-state index contributed by atoms with van der Waals surface area (Å²) in [7, 11) is 0. The van der Waals surface area contributed by atoms with Crippen LogP contribution < -0.4 is 10.1 Å². The predicted molar refractivity (Wildman–Crippen MR) is 84.9 cm³/mol. The van der Waals surface area contributed by atoms with Gasteiger partial charge in [0.25, 0.3) is 5.91 Å². The topological polar surface area (TPSA) is 71.5 Å². The summed E-state index contributed by atoms with van der Waals surface area (Å²) in [4.78, 5) is 16.4. The summed E-state index contributed by atoms with van der Waals surface area (Å²) in [5.74, 6) is 0.370. The molecule has 1 aromatic rings. The zero-order valence-electron chi connectivity index (χ0n) is 13.4. The molecule has 2 unspecified atom stereocenters. The number of carbonyl (C=O) groups excluding carboxylic acids is 1. The Hall–Kier alpha value is -1.62. The fourth-order valence-electron chi connectivity index (χ4n) is 2.56. The van der Waals surface area contributed by atoms with Crippen LogP contribution in [0.5, 0.6) is 5.88 Å². The number of pyridine rings is 1. The molecule has 5 nitrogen and oxygen atoms in total. The summed E-state index contributed by atoms with van der Waals surface area (Å²) in [5, 5.41) is 12.0. The van der Waals surface area contributed by atoms with Crippen LogP contribution in [0.2, 0.25) is 0 Å². The van der Waals surface area contributed by atoms with E-state index in [1.165, 1.54) is 19.3 Å². The van der Waals surface area contributed by atoms with Crippen molar-refractivity contribution < 1.29 is 14.6 Å². The average Bonchev–Trinajstić information content (AvgIpc) is 2.55. The molecule has 1 aliphatic rings. The molecular formula is C17H26N2O3. The minimum absolute atomic E-state index is 0.0174. The summed E-state index contributed by atoms with van der Waals surface area (Å²) in [6.07, 6.45) is 7.60. The SMILES string of the molecule is CC(CO)C(C)NC(=O)c1ccnc(OC2CCCCC2)c1. The maximum absolute atomic E-state index is 12.2. The molecule has 1 aromatic heterocycles. The van der Waals surface area contributed by atoms with E-state index in [0.717, 1.165) is 12.8 Å². The van der Waals surface area contributed by atoms with Crippen molar-refractivity contribution in [3.8, 4) is 5.88 Å². The van der Waals surface area contributed by atoms with Crippen molar-refractivity contribution in [2.75, 3.05) is 6.61 Å². The van der Waals surface area contributed by atoms with E-state index in [4.69, 9.17) is 9.84 Å². The summed E-state index contributed by atoms with van der Waals surface area (Å²) in [6, 6.07) is 3.29. The predicted octanol–water partition coefficient (Wildman–Crippen LogP) is 2.54. The second-order valence-corrected chi connectivity index (χ2v) is 6.18. The van der Waals surface area contributed by atoms with Crippen LogP contribution in [0.25, 0.3) is 0 Å². The van der Waals surface area contributed by atoms with Gasteiger partial charge in [0.15, 0.2) is 0 Å². The third-order valence-electron chi connectivity index (χ3n) is 4.34. The lowest BCUT2D eigenvalue weighted by atomic mass is 9.98. The van der Waals surface area contributed by atoms with Crippen LogP contribution in [-0.2, 0) is 0 Å². The molecule has 122 valence electrons. The van der Waals surface area contributed by atoms with Crippen LogP contribution >= 0.6 is 0 Å². The van der Waals surface area contributed by atoms with Gasteiger partial charge >= 0.3 is 0 Å². The fourth-order valence-corrected chi connectivity index (χ4v) is 2.56. The first-order chi connectivity index (χ1) is 10.6. The van der Waals surface area contributed by atoms with Crippen LogP contribution in [0.1, 0.15) is 56.3 Å². The van der Waals surface area contributed by atoms with Crippen LogP contribution in [0.3, 0.4) is 0 Å². The van der Waals surface area contributed by atoms with Gasteiger partial charge in [-0.3, -0.25) is 4.79 Å². The van der Waals surface area contributed by atoms with Crippen LogP contribution in [0.4, 0.5) is 0 Å². The third-order valence-corrected chi connectivity index (χ3v) is 4.34. The molecule has 0 bridgehead atoms. The summed E-state index contributed by atoms with van der Waals surface area (Å²) in [5.41, 5.74) is 0.540. The standard InChI is InChI=1S/C17H26N2O3/c1-12(11-20)13(2)19-17(21)14-8-9-18-16(10-14)22-15-6-4-3-5-7-15/h8-10,12-13,15,20H,3-7,11H2,1-2H3,(H,19,21). The highest BCUT2D eigenvalue weighted by Gasteiger charge is 2.18. The molecule has 22 heavy (non-hydrogen) atoms. The number of hydrogen-bond acceptors (Lipinski definition) is 4. The number of aliphatic hydroxyl groups is 1. The van der Waals surface area contributed by atoms with E-state index in [-0.39, 0.29) is 30.6 Å². The van der Waals surface area contributed by atoms with Gasteiger partial charge in [-0.1, -0.05) is 13.3 Å². The molecule has 0 aromatic carbocycles. The molecule has 1 saturated carbocycles. The van der Waals surface area contributed by atoms with Gasteiger partial charge in [0, 0.05) is 30.5 Å². The second-order valence-electron chi connectivity index (χ2n) is 6.18. The number of aromatic nitrogens is 1. The maximum Gasteiger partial charge on any atom is 0.251 e. The van der Waals surface area contributed by atoms with Gasteiger partial charge in [-0.15, -0.1) is 0 Å². The van der Waals surface area contributed by atoms with Crippen molar-refractivity contribution in [1.29, 1.82) is 0 Å². The Morgan fingerprint density at radius 2 is 2.14 bits per heavy atom. The smallest absolute Gasteiger partial charge is 0.251 e. The van der Waals surface area contributed by atoms with E-state index in [1.807, 2.05) is 13.8 Å². The van der Waals surface area contributed by atoms with Gasteiger partial charge in [-0.2, -0.15) is 0 Å². The highest BCUT2D eigenvalue weighted by molar-refractivity contribution is 5.94. The number of nitrogens with one attached hydrogen (secondary N) is 1. The summed E-state index contributed by atoms with van der Waals surface area (Å²) < 4.78 is 5.89. The highest BCUT2D eigenvalue weighted by atomic mass is 16.5. The van der Waals surface area contributed by atoms with Gasteiger partial charge in [-0.25, -0.2) is 4.98 Å². The zero-order chi connectivity index (χ0) is 15.9. The number of nitrogens with zero attached hydrogens (tertiary/aromatic N) is 1. The van der Waals surface area contributed by atoms with E-state index < -0.39 is 0 Å². The Labute approximate surface area is 132 Å². The van der Waals surface area contributed by atoms with E-state index in [9.17, 15) is 4.79 Å². The van der Waals surface area contributed by atoms with Crippen molar-refractivity contribution in [3.63, 3.8) is 0 Å². The van der Waals surface area contributed by atoms with Gasteiger partial charge in [0.2, 0.25) is 5.88 Å². The molecule has 5 heteroatoms. The number of ether oxygens (including phenoxy) is 1. The van der Waals surface area contributed by atoms with Gasteiger partial charge < -0.3 is 15.2 Å². The van der Waals surface area contributed by atoms with E-state index in [2.05, 4.69) is 10.3 Å². The van der Waals surface area contributed by atoms with E-state index >= 15 is 0 Å². The Morgan fingerprint density at radius 3 is 2.82 bits per heavy atom. The van der Waals surface area contributed by atoms with Gasteiger partial charge in [0.05, 0.1) is 0 Å². The molecule has 2 rings (SSSR count). The first-order valence-electron chi connectivity index (χ1n) is 8.14. The number of hydrogen-bond donors (Lipinski definition) is 2. The van der Waals surface area contributed by atoms with E-state index in [0.29, 0.717) is 11.4 Å². The quantitative estimate of drug-likeness (QED) is 0.847. The average molecular weight is 306 g/mol. The third kappa shape index (κ3) is 4.70. The first kappa shape index (κ1) is 16.7. The molecule has 1 aliphatic carbocycles. The second kappa shape index (κ2) is 8.13. The molecule has 2 N–H and O–H groups in total. The van der Waals surface area contributed by atoms with Crippen LogP contribution in [0, 0.1) is 5.92 Å². The minimum Gasteiger partial charge on any atom is -0.474 e. The van der Waals surface area contributed by atoms with Crippen LogP contribution in [-0.4, -0.2) is 34.8 Å². The summed E-state index contributed by atoms with van der Waals surface area (Å²) >= 11 is 0. The van der Waals surface area contributed by atoms with E-state index in [1.54, 1.807) is 18.3 Å². The Bertz CT molecular complexity index is 487. The van der Waals surface area contributed by atoms with Crippen LogP contribution in [0.15, 0.2) is 18.3 Å². The van der Waals surface area contributed by atoms with Crippen molar-refractivity contribution in [1.82, 2.24) is 10.3 Å². The fraction of sp³-hybridized carbons (Fsp3) is 0.647. The molecular weight excluding hydrogens is 280 g/mol. The zero-order valence-corrected chi connectivity index (χ0v) is 13.4. The Morgan fingerprint density at radius 1 is 1.41 bits per heavy atom. The summed E-state index contributed by atoms with van der Waals surface area (Å²) in [6.45, 7) is 3.84. The normalized spacial score (nSPS) is 18.5. The molecule has 0 saturated heterocycles.